The number of amides is 2. The van der Waals surface area contributed by atoms with Crippen LogP contribution in [0, 0.1) is 0 Å². The van der Waals surface area contributed by atoms with Gasteiger partial charge in [-0.1, -0.05) is 0 Å². The van der Waals surface area contributed by atoms with Crippen LogP contribution in [0.4, 0.5) is 13.2 Å². The van der Waals surface area contributed by atoms with Gasteiger partial charge in [-0.15, -0.1) is 0 Å². The Morgan fingerprint density at radius 1 is 1.23 bits per heavy atom. The molecule has 0 saturated heterocycles. The normalized spacial score (nSPS) is 17.3. The van der Waals surface area contributed by atoms with Gasteiger partial charge in [-0.05, 0) is 0 Å². The van der Waals surface area contributed by atoms with E-state index < -0.39 is 31.0 Å². The molecule has 0 radical (unpaired) electrons. The van der Waals surface area contributed by atoms with Crippen molar-refractivity contribution in [2.24, 2.45) is 0 Å². The van der Waals surface area contributed by atoms with E-state index in [1.807, 2.05) is 0 Å². The Bertz CT molecular complexity index is 257. The van der Waals surface area contributed by atoms with Crippen LogP contribution in [0.25, 0.3) is 0 Å². The summed E-state index contributed by atoms with van der Waals surface area (Å²) in [5, 5.41) is 0. The number of hydrogen-bond acceptors (Lipinski definition) is 2. The summed E-state index contributed by atoms with van der Waals surface area (Å²) in [6.45, 7) is -3.09. The zero-order chi connectivity index (χ0) is 10.1. The third-order valence-electron chi connectivity index (χ3n) is 1.49. The van der Waals surface area contributed by atoms with E-state index in [4.69, 9.17) is 0 Å². The minimum atomic E-state index is -3.66. The minimum Gasteiger partial charge on any atom is -0.269 e. The molecule has 0 N–H and O–H groups in total. The summed E-state index contributed by atoms with van der Waals surface area (Å²) in [4.78, 5) is 21.8. The number of halogens is 3. The van der Waals surface area contributed by atoms with Crippen molar-refractivity contribution in [3.8, 4) is 0 Å². The van der Waals surface area contributed by atoms with Crippen LogP contribution in [0.3, 0.4) is 0 Å². The number of carbonyl (C=O) groups excluding carboxylic acids is 2. The van der Waals surface area contributed by atoms with Crippen molar-refractivity contribution in [2.75, 3.05) is 13.2 Å². The predicted octanol–water partition coefficient (Wildman–Crippen LogP) is 0.516. The van der Waals surface area contributed by atoms with Crippen LogP contribution in [-0.4, -0.2) is 35.9 Å². The molecular formula is C7H6F3NO2. The van der Waals surface area contributed by atoms with Crippen LogP contribution in [-0.2, 0) is 9.59 Å². The van der Waals surface area contributed by atoms with E-state index in [0.717, 1.165) is 12.2 Å². The molecule has 72 valence electrons. The van der Waals surface area contributed by atoms with E-state index >= 15 is 0 Å². The largest absolute Gasteiger partial charge is 0.293 e. The van der Waals surface area contributed by atoms with Gasteiger partial charge in [-0.2, -0.15) is 0 Å². The van der Waals surface area contributed by atoms with Gasteiger partial charge in [0, 0.05) is 12.2 Å². The highest BCUT2D eigenvalue weighted by Crippen LogP contribution is 2.18. The molecular weight excluding hydrogens is 187 g/mol. The molecule has 13 heavy (non-hydrogen) atoms. The fourth-order valence-corrected chi connectivity index (χ4v) is 0.861. The molecule has 0 fully saturated rings. The quantitative estimate of drug-likeness (QED) is 0.612. The fourth-order valence-electron chi connectivity index (χ4n) is 0.861. The Morgan fingerprint density at radius 3 is 2.08 bits per heavy atom. The van der Waals surface area contributed by atoms with E-state index in [1.54, 1.807) is 0 Å². The monoisotopic (exact) mass is 193 g/mol. The highest BCUT2D eigenvalue weighted by Gasteiger charge is 2.37. The van der Waals surface area contributed by atoms with E-state index in [2.05, 4.69) is 0 Å². The second-order valence-electron chi connectivity index (χ2n) is 2.59. The molecule has 3 nitrogen and oxygen atoms in total. The molecule has 0 bridgehead atoms. The van der Waals surface area contributed by atoms with Crippen molar-refractivity contribution >= 4 is 11.8 Å². The summed E-state index contributed by atoms with van der Waals surface area (Å²) in [5.41, 5.74) is 0. The fraction of sp³-hybridized carbons (Fsp3) is 0.429. The maximum Gasteiger partial charge on any atom is 0.293 e. The molecule has 0 saturated carbocycles. The zero-order valence-electron chi connectivity index (χ0n) is 6.47. The Balaban J connectivity index is 2.65. The van der Waals surface area contributed by atoms with Gasteiger partial charge in [0.05, 0.1) is 6.54 Å². The smallest absolute Gasteiger partial charge is 0.269 e. The van der Waals surface area contributed by atoms with Crippen LogP contribution < -0.4 is 0 Å². The Kier molecular flexibility index (Phi) is 2.40. The third-order valence-corrected chi connectivity index (χ3v) is 1.49. The van der Waals surface area contributed by atoms with Crippen LogP contribution >= 0.6 is 0 Å². The van der Waals surface area contributed by atoms with Crippen molar-refractivity contribution in [3.63, 3.8) is 0 Å². The van der Waals surface area contributed by atoms with Gasteiger partial charge in [0.1, 0.15) is 0 Å². The van der Waals surface area contributed by atoms with Crippen LogP contribution in [0.2, 0.25) is 0 Å². The molecule has 6 heteroatoms. The number of rotatable bonds is 3. The van der Waals surface area contributed by atoms with Gasteiger partial charge in [-0.25, -0.2) is 13.2 Å². The summed E-state index contributed by atoms with van der Waals surface area (Å²) < 4.78 is 36.5. The lowest BCUT2D eigenvalue weighted by molar-refractivity contribution is -0.143. The average Bonchev–Trinajstić information content (AvgIpc) is 2.36. The lowest BCUT2D eigenvalue weighted by Crippen LogP contribution is -2.41. The number of carbonyl (C=O) groups is 2. The van der Waals surface area contributed by atoms with E-state index in [1.165, 1.54) is 0 Å². The molecule has 0 atom stereocenters. The lowest BCUT2D eigenvalue weighted by atomic mass is 10.3. The molecule has 1 aliphatic heterocycles. The van der Waals surface area contributed by atoms with Crippen molar-refractivity contribution in [2.45, 2.75) is 5.92 Å². The number of nitrogens with zero attached hydrogens (tertiary/aromatic N) is 1. The first-order valence-electron chi connectivity index (χ1n) is 3.43. The molecule has 0 aromatic heterocycles. The van der Waals surface area contributed by atoms with Gasteiger partial charge in [0.2, 0.25) is 0 Å². The summed E-state index contributed by atoms with van der Waals surface area (Å²) in [5.74, 6) is -5.33. The highest BCUT2D eigenvalue weighted by molar-refractivity contribution is 6.12. The van der Waals surface area contributed by atoms with Crippen LogP contribution in [0.1, 0.15) is 0 Å². The molecule has 1 heterocycles. The molecule has 0 spiro atoms. The topological polar surface area (TPSA) is 37.4 Å². The number of imide groups is 1. The molecule has 0 unspecified atom stereocenters. The number of alkyl halides is 3. The Hall–Kier alpha value is -1.33. The molecule has 0 aliphatic carbocycles. The van der Waals surface area contributed by atoms with Gasteiger partial charge in [0.15, 0.2) is 6.67 Å². The van der Waals surface area contributed by atoms with Gasteiger partial charge >= 0.3 is 0 Å². The third kappa shape index (κ3) is 2.07. The Morgan fingerprint density at radius 2 is 1.69 bits per heavy atom. The maximum absolute atomic E-state index is 12.4. The number of hydrogen-bond donors (Lipinski definition) is 0. The Labute approximate surface area is 71.8 Å². The summed E-state index contributed by atoms with van der Waals surface area (Å²) in [6, 6.07) is 0. The van der Waals surface area contributed by atoms with E-state index in [-0.39, 0.29) is 0 Å². The SMILES string of the molecule is O=C1C=CC(=O)N1CC(F)(F)CF. The van der Waals surface area contributed by atoms with Gasteiger partial charge < -0.3 is 0 Å². The van der Waals surface area contributed by atoms with E-state index in [9.17, 15) is 22.8 Å². The summed E-state index contributed by atoms with van der Waals surface area (Å²) in [7, 11) is 0. The average molecular weight is 193 g/mol. The molecule has 1 aliphatic rings. The predicted molar refractivity (Wildman–Crippen MR) is 36.8 cm³/mol. The van der Waals surface area contributed by atoms with Crippen molar-refractivity contribution in [1.82, 2.24) is 4.90 Å². The molecule has 2 amide bonds. The first-order chi connectivity index (χ1) is 5.96. The highest BCUT2D eigenvalue weighted by atomic mass is 19.3. The molecule has 0 aromatic carbocycles. The van der Waals surface area contributed by atoms with Gasteiger partial charge in [0.25, 0.3) is 17.7 Å². The molecule has 1 rings (SSSR count). The van der Waals surface area contributed by atoms with Crippen molar-refractivity contribution < 1.29 is 22.8 Å². The van der Waals surface area contributed by atoms with Crippen LogP contribution in [0.5, 0.6) is 0 Å². The first kappa shape index (κ1) is 9.76. The maximum atomic E-state index is 12.4. The zero-order valence-corrected chi connectivity index (χ0v) is 6.47. The standard InChI is InChI=1S/C7H6F3NO2/c8-3-7(9,10)4-11-5(12)1-2-6(11)13/h1-2H,3-4H2. The summed E-state index contributed by atoms with van der Waals surface area (Å²) in [6.07, 6.45) is 1.74. The first-order valence-corrected chi connectivity index (χ1v) is 3.43. The van der Waals surface area contributed by atoms with Gasteiger partial charge in [-0.3, -0.25) is 14.5 Å². The second-order valence-corrected chi connectivity index (χ2v) is 2.59. The molecule has 0 aromatic rings. The van der Waals surface area contributed by atoms with Crippen LogP contribution in [0.15, 0.2) is 12.2 Å². The lowest BCUT2D eigenvalue weighted by Gasteiger charge is -2.19. The summed E-state index contributed by atoms with van der Waals surface area (Å²) >= 11 is 0. The van der Waals surface area contributed by atoms with Crippen molar-refractivity contribution in [1.29, 1.82) is 0 Å². The minimum absolute atomic E-state index is 0.305. The van der Waals surface area contributed by atoms with Crippen molar-refractivity contribution in [3.05, 3.63) is 12.2 Å². The second kappa shape index (κ2) is 3.20. The van der Waals surface area contributed by atoms with E-state index in [0.29, 0.717) is 4.90 Å².